The third-order valence-electron chi connectivity index (χ3n) is 5.46. The van der Waals surface area contributed by atoms with Gasteiger partial charge in [0.05, 0.1) is 0 Å². The lowest BCUT2D eigenvalue weighted by Gasteiger charge is -2.19. The van der Waals surface area contributed by atoms with Gasteiger partial charge in [0.1, 0.15) is 0 Å². The molecule has 0 heterocycles. The van der Waals surface area contributed by atoms with Gasteiger partial charge < -0.3 is 0 Å². The van der Waals surface area contributed by atoms with Crippen LogP contribution < -0.4 is 10.4 Å². The predicted molar refractivity (Wildman–Crippen MR) is 124 cm³/mol. The highest BCUT2D eigenvalue weighted by Gasteiger charge is 2.15. The van der Waals surface area contributed by atoms with E-state index in [1.165, 1.54) is 55.3 Å². The minimum Gasteiger partial charge on any atom is -0.0952 e. The summed E-state index contributed by atoms with van der Waals surface area (Å²) >= 11 is 0. The molecule has 142 valence electrons. The lowest BCUT2D eigenvalue weighted by molar-refractivity contribution is 1.23. The fourth-order valence-electron chi connectivity index (χ4n) is 3.89. The average Bonchev–Trinajstić information content (AvgIpc) is 2.65. The van der Waals surface area contributed by atoms with Crippen LogP contribution in [0.4, 0.5) is 0 Å². The molecule has 28 heavy (non-hydrogen) atoms. The van der Waals surface area contributed by atoms with Crippen molar-refractivity contribution in [3.8, 4) is 0 Å². The number of benzene rings is 3. The van der Waals surface area contributed by atoms with Gasteiger partial charge in [-0.15, -0.1) is 0 Å². The molecule has 0 aliphatic rings. The van der Waals surface area contributed by atoms with E-state index in [0.29, 0.717) is 0 Å². The molecule has 0 saturated carbocycles. The van der Waals surface area contributed by atoms with Crippen molar-refractivity contribution < 1.29 is 0 Å². The van der Waals surface area contributed by atoms with Crippen LogP contribution in [0, 0.1) is 27.7 Å². The van der Waals surface area contributed by atoms with E-state index in [-0.39, 0.29) is 0 Å². The number of aryl methyl sites for hydroxylation is 4. The van der Waals surface area contributed by atoms with E-state index in [0.717, 1.165) is 11.6 Å². The Kier molecular flexibility index (Phi) is 5.70. The fourth-order valence-corrected chi connectivity index (χ4v) is 3.89. The van der Waals surface area contributed by atoms with Gasteiger partial charge in [-0.2, -0.15) is 0 Å². The van der Waals surface area contributed by atoms with Crippen LogP contribution in [0.25, 0.3) is 17.7 Å². The van der Waals surface area contributed by atoms with Crippen molar-refractivity contribution in [3.63, 3.8) is 0 Å². The molecule has 0 spiro atoms. The van der Waals surface area contributed by atoms with Gasteiger partial charge in [0.2, 0.25) is 0 Å². The molecule has 0 unspecified atom stereocenters. The van der Waals surface area contributed by atoms with Crippen LogP contribution in [0.15, 0.2) is 61.2 Å². The molecule has 3 aromatic carbocycles. The maximum atomic E-state index is 4.36. The van der Waals surface area contributed by atoms with Gasteiger partial charge in [0, 0.05) is 0 Å². The van der Waals surface area contributed by atoms with Crippen molar-refractivity contribution in [2.24, 2.45) is 0 Å². The van der Waals surface area contributed by atoms with E-state index in [9.17, 15) is 0 Å². The number of hydrogen-bond acceptors (Lipinski definition) is 0. The summed E-state index contributed by atoms with van der Waals surface area (Å²) in [5.74, 6) is 0. The summed E-state index contributed by atoms with van der Waals surface area (Å²) in [5, 5.41) is 2.30. The summed E-state index contributed by atoms with van der Waals surface area (Å²) < 4.78 is 0. The quantitative estimate of drug-likeness (QED) is 0.531. The van der Waals surface area contributed by atoms with Gasteiger partial charge in [-0.05, 0) is 83.5 Å². The second-order valence-corrected chi connectivity index (χ2v) is 7.85. The third kappa shape index (κ3) is 3.87. The van der Waals surface area contributed by atoms with Crippen LogP contribution in [-0.2, 0) is 0 Å². The molecule has 0 aliphatic carbocycles. The van der Waals surface area contributed by atoms with Crippen LogP contribution in [0.3, 0.4) is 0 Å². The van der Waals surface area contributed by atoms with Crippen molar-refractivity contribution in [2.45, 2.75) is 41.0 Å². The molecule has 0 aliphatic heterocycles. The molecule has 0 radical (unpaired) electrons. The SMILES string of the molecule is C=C(CC)c1cc(C)ccc1/C(c1ccc(C)cc1C)=c1\ccc(=C)cc1C. The maximum absolute atomic E-state index is 4.36. The van der Waals surface area contributed by atoms with Crippen molar-refractivity contribution in [1.29, 1.82) is 0 Å². The summed E-state index contributed by atoms with van der Waals surface area (Å²) in [5.41, 5.74) is 11.3. The highest BCUT2D eigenvalue weighted by atomic mass is 14.2. The first-order valence-corrected chi connectivity index (χ1v) is 9.98. The van der Waals surface area contributed by atoms with Gasteiger partial charge in [0.25, 0.3) is 0 Å². The van der Waals surface area contributed by atoms with Crippen LogP contribution in [-0.4, -0.2) is 0 Å². The zero-order valence-corrected chi connectivity index (χ0v) is 17.8. The lowest BCUT2D eigenvalue weighted by Crippen LogP contribution is -2.17. The largest absolute Gasteiger partial charge is 0.0952 e. The van der Waals surface area contributed by atoms with E-state index in [1.807, 2.05) is 0 Å². The van der Waals surface area contributed by atoms with E-state index < -0.39 is 0 Å². The predicted octanol–water partition coefficient (Wildman–Crippen LogP) is 6.00. The smallest absolute Gasteiger partial charge is 0.00274 e. The number of allylic oxidation sites excluding steroid dienone is 1. The van der Waals surface area contributed by atoms with E-state index >= 15 is 0 Å². The van der Waals surface area contributed by atoms with Crippen LogP contribution in [0.1, 0.15) is 52.3 Å². The standard InChI is InChI=1S/C28H30/c1-8-21(5)27-17-20(4)11-14-26(27)28(24-12-9-18(2)15-22(24)6)25-13-10-19(3)16-23(25)7/h9-17H,2,5,8H2,1,3-4,6-7H3/b28-24+. The Morgan fingerprint density at radius 1 is 0.714 bits per heavy atom. The van der Waals surface area contributed by atoms with Crippen molar-refractivity contribution in [1.82, 2.24) is 0 Å². The molecule has 0 saturated heterocycles. The summed E-state index contributed by atoms with van der Waals surface area (Å²) in [6, 6.07) is 20.0. The first kappa shape index (κ1) is 19.9. The average molecular weight is 367 g/mol. The Labute approximate surface area is 169 Å². The maximum Gasteiger partial charge on any atom is -0.00274 e. The third-order valence-corrected chi connectivity index (χ3v) is 5.46. The van der Waals surface area contributed by atoms with Gasteiger partial charge in [-0.1, -0.05) is 85.8 Å². The fraction of sp³-hybridized carbons (Fsp3) is 0.214. The molecular weight excluding hydrogens is 336 g/mol. The number of rotatable bonds is 4. The minimum absolute atomic E-state index is 0.938. The summed E-state index contributed by atoms with van der Waals surface area (Å²) in [4.78, 5) is 0. The summed E-state index contributed by atoms with van der Waals surface area (Å²) in [6.07, 6.45) is 0.938. The van der Waals surface area contributed by atoms with Crippen molar-refractivity contribution in [3.05, 3.63) is 111 Å². The van der Waals surface area contributed by atoms with Gasteiger partial charge in [0.15, 0.2) is 0 Å². The van der Waals surface area contributed by atoms with Gasteiger partial charge in [-0.25, -0.2) is 0 Å². The first-order chi connectivity index (χ1) is 13.3. The van der Waals surface area contributed by atoms with Gasteiger partial charge >= 0.3 is 0 Å². The Balaban J connectivity index is 2.50. The minimum atomic E-state index is 0.938. The van der Waals surface area contributed by atoms with Crippen LogP contribution in [0.2, 0.25) is 0 Å². The zero-order valence-electron chi connectivity index (χ0n) is 17.8. The van der Waals surface area contributed by atoms with Crippen molar-refractivity contribution in [2.75, 3.05) is 0 Å². The molecule has 0 amide bonds. The second-order valence-electron chi connectivity index (χ2n) is 7.85. The molecule has 0 N–H and O–H groups in total. The molecule has 0 atom stereocenters. The molecule has 0 fully saturated rings. The van der Waals surface area contributed by atoms with Gasteiger partial charge in [-0.3, -0.25) is 0 Å². The molecule has 0 aromatic heterocycles. The molecule has 3 aromatic rings. The molecule has 3 rings (SSSR count). The summed E-state index contributed by atoms with van der Waals surface area (Å²) in [7, 11) is 0. The molecule has 0 nitrogen and oxygen atoms in total. The topological polar surface area (TPSA) is 0 Å². The summed E-state index contributed by atoms with van der Waals surface area (Å²) in [6.45, 7) is 19.3. The Hall–Kier alpha value is -2.86. The Morgan fingerprint density at radius 2 is 1.36 bits per heavy atom. The normalized spacial score (nSPS) is 12.0. The Morgan fingerprint density at radius 3 is 1.96 bits per heavy atom. The monoisotopic (exact) mass is 366 g/mol. The van der Waals surface area contributed by atoms with E-state index in [2.05, 4.69) is 102 Å². The zero-order chi connectivity index (χ0) is 20.4. The highest BCUT2D eigenvalue weighted by Crippen LogP contribution is 2.32. The molecular formula is C28H30. The molecule has 0 heteroatoms. The van der Waals surface area contributed by atoms with Crippen LogP contribution in [0.5, 0.6) is 0 Å². The highest BCUT2D eigenvalue weighted by molar-refractivity contribution is 5.88. The van der Waals surface area contributed by atoms with E-state index in [4.69, 9.17) is 0 Å². The van der Waals surface area contributed by atoms with E-state index in [1.54, 1.807) is 0 Å². The number of hydrogen-bond donors (Lipinski definition) is 0. The Bertz CT molecular complexity index is 1160. The first-order valence-electron chi connectivity index (χ1n) is 9.98. The molecule has 0 bridgehead atoms. The lowest BCUT2D eigenvalue weighted by atomic mass is 9.85. The second kappa shape index (κ2) is 8.02. The van der Waals surface area contributed by atoms with Crippen molar-refractivity contribution >= 4 is 17.7 Å². The van der Waals surface area contributed by atoms with Crippen LogP contribution >= 0.6 is 0 Å².